The molecule has 1 aromatic heterocycles. The quantitative estimate of drug-likeness (QED) is 0.0719. The Labute approximate surface area is 299 Å². The number of hydrogen-bond acceptors (Lipinski definition) is 7. The second-order valence-corrected chi connectivity index (χ2v) is 14.5. The van der Waals surface area contributed by atoms with E-state index in [2.05, 4.69) is 44.3 Å². The number of aliphatic hydroxyl groups is 1. The summed E-state index contributed by atoms with van der Waals surface area (Å²) in [6.07, 6.45) is -3.15. The number of aromatic nitrogens is 2. The maximum absolute atomic E-state index is 14.7. The predicted octanol–water partition coefficient (Wildman–Crippen LogP) is 8.06. The molecule has 1 aliphatic heterocycles. The number of carbonyl (C=O) groups is 2. The molecule has 3 N–H and O–H groups in total. The van der Waals surface area contributed by atoms with Gasteiger partial charge in [0.2, 0.25) is 5.91 Å². The van der Waals surface area contributed by atoms with Crippen LogP contribution in [0, 0.1) is 30.0 Å². The van der Waals surface area contributed by atoms with Crippen molar-refractivity contribution in [3.05, 3.63) is 83.4 Å². The van der Waals surface area contributed by atoms with Crippen molar-refractivity contribution in [3.63, 3.8) is 0 Å². The first kappa shape index (κ1) is 39.6. The van der Waals surface area contributed by atoms with Gasteiger partial charge in [-0.1, -0.05) is 26.0 Å². The molecular formula is C37H44F4N4O5S. The molecule has 51 heavy (non-hydrogen) atoms. The van der Waals surface area contributed by atoms with Gasteiger partial charge in [0.1, 0.15) is 11.6 Å². The second kappa shape index (κ2) is 16.9. The van der Waals surface area contributed by atoms with Crippen LogP contribution in [0.1, 0.15) is 56.0 Å². The van der Waals surface area contributed by atoms with Gasteiger partial charge in [0, 0.05) is 42.6 Å². The number of carboxylic acid groups (broad SMARTS) is 1. The summed E-state index contributed by atoms with van der Waals surface area (Å²) in [6, 6.07) is 16.3. The third kappa shape index (κ3) is 9.80. The lowest BCUT2D eigenvalue weighted by molar-refractivity contribution is -0.137. The number of halogens is 4. The van der Waals surface area contributed by atoms with Gasteiger partial charge < -0.3 is 29.1 Å². The van der Waals surface area contributed by atoms with Gasteiger partial charge in [0.05, 0.1) is 35.5 Å². The Bertz CT molecular complexity index is 1800. The third-order valence-corrected chi connectivity index (χ3v) is 10.5. The molecular weight excluding hydrogens is 688 g/mol. The Balaban J connectivity index is 0.00000188. The normalized spacial score (nSPS) is 15.6. The molecule has 14 heteroatoms. The van der Waals surface area contributed by atoms with Crippen LogP contribution >= 0.6 is 11.9 Å². The lowest BCUT2D eigenvalue weighted by Crippen LogP contribution is -2.41. The number of ether oxygens (including phenoxy) is 1. The Morgan fingerprint density at radius 1 is 1.14 bits per heavy atom. The van der Waals surface area contributed by atoms with Crippen molar-refractivity contribution < 1.29 is 42.1 Å². The second-order valence-electron chi connectivity index (χ2n) is 13.3. The van der Waals surface area contributed by atoms with E-state index in [-0.39, 0.29) is 36.0 Å². The van der Waals surface area contributed by atoms with E-state index in [9.17, 15) is 27.5 Å². The molecule has 2 heterocycles. The monoisotopic (exact) mass is 732 g/mol. The van der Waals surface area contributed by atoms with Crippen LogP contribution < -0.4 is 9.62 Å². The van der Waals surface area contributed by atoms with Crippen molar-refractivity contribution in [1.29, 1.82) is 0 Å². The molecule has 1 aliphatic rings. The van der Waals surface area contributed by atoms with E-state index < -0.39 is 29.4 Å². The van der Waals surface area contributed by atoms with E-state index in [1.165, 1.54) is 0 Å². The van der Waals surface area contributed by atoms with Crippen molar-refractivity contribution in [1.82, 2.24) is 9.55 Å². The van der Waals surface area contributed by atoms with Crippen LogP contribution in [0.25, 0.3) is 11.0 Å². The van der Waals surface area contributed by atoms with Crippen LogP contribution in [0.4, 0.5) is 28.9 Å². The number of hydrogen-bond donors (Lipinski definition) is 3. The molecule has 2 unspecified atom stereocenters. The Hall–Kier alpha value is -4.14. The fourth-order valence-corrected chi connectivity index (χ4v) is 7.24. The molecule has 0 saturated carbocycles. The van der Waals surface area contributed by atoms with Crippen LogP contribution in [0.2, 0.25) is 0 Å². The fourth-order valence-electron chi connectivity index (χ4n) is 6.40. The Morgan fingerprint density at radius 2 is 1.80 bits per heavy atom. The number of fused-ring (bicyclic) bond motifs is 1. The number of aliphatic hydroxyl groups excluding tert-OH is 1. The molecule has 3 aromatic carbocycles. The van der Waals surface area contributed by atoms with E-state index in [4.69, 9.17) is 14.6 Å². The molecule has 0 radical (unpaired) electrons. The predicted molar refractivity (Wildman–Crippen MR) is 190 cm³/mol. The van der Waals surface area contributed by atoms with Gasteiger partial charge in [-0.05, 0) is 104 Å². The SMILES string of the molecule is Cc1nc2cc(SN(C)c3ccc(C(CCO)[C@@H](C)C(CCC4(C)COC4)C(=O)Nc4ccc(C(F)(F)F)cc4F)cc3)ccc2n1C.O=CO. The average molecular weight is 733 g/mol. The minimum atomic E-state index is -4.70. The maximum Gasteiger partial charge on any atom is 0.416 e. The van der Waals surface area contributed by atoms with Crippen LogP contribution in [0.5, 0.6) is 0 Å². The lowest BCUT2D eigenvalue weighted by atomic mass is 9.72. The first-order valence-electron chi connectivity index (χ1n) is 16.5. The topological polar surface area (TPSA) is 117 Å². The number of anilines is 2. The Morgan fingerprint density at radius 3 is 2.37 bits per heavy atom. The number of aryl methyl sites for hydroxylation is 2. The van der Waals surface area contributed by atoms with Gasteiger partial charge in [-0.15, -0.1) is 0 Å². The number of imidazole rings is 1. The van der Waals surface area contributed by atoms with Crippen molar-refractivity contribution in [3.8, 4) is 0 Å². The number of nitrogens with one attached hydrogen (secondary N) is 1. The molecule has 0 bridgehead atoms. The number of nitrogens with zero attached hydrogens (tertiary/aromatic N) is 3. The highest BCUT2D eigenvalue weighted by atomic mass is 32.2. The molecule has 5 rings (SSSR count). The van der Waals surface area contributed by atoms with Gasteiger partial charge in [-0.2, -0.15) is 13.2 Å². The number of carbonyl (C=O) groups excluding carboxylic acids is 1. The highest BCUT2D eigenvalue weighted by molar-refractivity contribution is 8.00. The van der Waals surface area contributed by atoms with E-state index in [0.29, 0.717) is 38.5 Å². The summed E-state index contributed by atoms with van der Waals surface area (Å²) >= 11 is 1.57. The molecule has 1 fully saturated rings. The van der Waals surface area contributed by atoms with Crippen molar-refractivity contribution in [2.75, 3.05) is 36.5 Å². The fraction of sp³-hybridized carbons (Fsp3) is 0.432. The largest absolute Gasteiger partial charge is 0.483 e. The summed E-state index contributed by atoms with van der Waals surface area (Å²) in [6.45, 7) is 6.80. The molecule has 0 spiro atoms. The molecule has 0 aliphatic carbocycles. The summed E-state index contributed by atoms with van der Waals surface area (Å²) in [5.74, 6) is -1.78. The van der Waals surface area contributed by atoms with E-state index >= 15 is 0 Å². The van der Waals surface area contributed by atoms with Crippen molar-refractivity contribution >= 4 is 46.7 Å². The van der Waals surface area contributed by atoms with Crippen molar-refractivity contribution in [2.45, 2.75) is 57.0 Å². The van der Waals surface area contributed by atoms with Crippen LogP contribution in [0.15, 0.2) is 65.6 Å². The van der Waals surface area contributed by atoms with Crippen LogP contribution in [-0.2, 0) is 27.5 Å². The van der Waals surface area contributed by atoms with E-state index in [1.807, 2.05) is 52.2 Å². The standard InChI is InChI=1S/C36H42F4N4O3S.CH2O2/c1-22(29(14-16-35(3)20-47-21-35)34(46)42-31-12-8-25(18-30(31)37)36(38,39)40)28(15-17-45)24-6-9-26(10-7-24)44(5)48-27-11-13-33-32(19-27)41-23(2)43(33)4;2-1-3/h6-13,18-19,22,28-29,45H,14-17,20-21H2,1-5H3,(H,42,46);1H,(H,2,3)/t22-,28?,29?;/m1./s1. The molecule has 1 amide bonds. The number of alkyl halides is 3. The first-order chi connectivity index (χ1) is 24.1. The maximum atomic E-state index is 14.7. The van der Waals surface area contributed by atoms with Gasteiger partial charge in [0.15, 0.2) is 0 Å². The zero-order valence-electron chi connectivity index (χ0n) is 29.2. The minimum Gasteiger partial charge on any atom is -0.483 e. The summed E-state index contributed by atoms with van der Waals surface area (Å²) in [7, 11) is 3.97. The number of benzene rings is 3. The summed E-state index contributed by atoms with van der Waals surface area (Å²) in [4.78, 5) is 27.8. The smallest absolute Gasteiger partial charge is 0.416 e. The van der Waals surface area contributed by atoms with Gasteiger partial charge in [-0.25, -0.2) is 9.37 Å². The Kier molecular flexibility index (Phi) is 13.2. The lowest BCUT2D eigenvalue weighted by Gasteiger charge is -2.40. The molecule has 9 nitrogen and oxygen atoms in total. The zero-order chi connectivity index (χ0) is 37.5. The summed E-state index contributed by atoms with van der Waals surface area (Å²) in [5, 5.41) is 19.5. The number of amides is 1. The van der Waals surface area contributed by atoms with Crippen molar-refractivity contribution in [2.24, 2.45) is 24.3 Å². The van der Waals surface area contributed by atoms with E-state index in [1.54, 1.807) is 11.9 Å². The molecule has 4 aromatic rings. The highest BCUT2D eigenvalue weighted by Gasteiger charge is 2.38. The van der Waals surface area contributed by atoms with Crippen LogP contribution in [0.3, 0.4) is 0 Å². The summed E-state index contributed by atoms with van der Waals surface area (Å²) < 4.78 is 63.6. The minimum absolute atomic E-state index is 0.0891. The molecule has 3 atom stereocenters. The summed E-state index contributed by atoms with van der Waals surface area (Å²) in [5.41, 5.74) is 2.39. The first-order valence-corrected chi connectivity index (χ1v) is 17.3. The third-order valence-electron chi connectivity index (χ3n) is 9.56. The average Bonchev–Trinajstić information content (AvgIpc) is 3.35. The number of rotatable bonds is 13. The molecule has 1 saturated heterocycles. The van der Waals surface area contributed by atoms with E-state index in [0.717, 1.165) is 45.1 Å². The zero-order valence-corrected chi connectivity index (χ0v) is 30.0. The van der Waals surface area contributed by atoms with Crippen LogP contribution in [-0.4, -0.2) is 59.0 Å². The van der Waals surface area contributed by atoms with Gasteiger partial charge in [-0.3, -0.25) is 9.59 Å². The molecule has 276 valence electrons. The van der Waals surface area contributed by atoms with Gasteiger partial charge in [0.25, 0.3) is 6.47 Å². The highest BCUT2D eigenvalue weighted by Crippen LogP contribution is 2.41. The van der Waals surface area contributed by atoms with Gasteiger partial charge >= 0.3 is 6.18 Å².